The summed E-state index contributed by atoms with van der Waals surface area (Å²) in [7, 11) is 1.73. The molecule has 1 aliphatic heterocycles. The summed E-state index contributed by atoms with van der Waals surface area (Å²) in [6.07, 6.45) is 5.49. The van der Waals surface area contributed by atoms with Crippen molar-refractivity contribution in [2.45, 2.75) is 45.1 Å². The number of hydrogen-bond acceptors (Lipinski definition) is 4. The van der Waals surface area contributed by atoms with Crippen LogP contribution in [0.15, 0.2) is 35.3 Å². The average molecular weight is 392 g/mol. The predicted octanol–water partition coefficient (Wildman–Crippen LogP) is 3.33. The Morgan fingerprint density at radius 1 is 1.07 bits per heavy atom. The quantitative estimate of drug-likeness (QED) is 0.336. The third-order valence-electron chi connectivity index (χ3n) is 4.75. The first-order valence-corrected chi connectivity index (χ1v) is 10.6. The van der Waals surface area contributed by atoms with Crippen LogP contribution in [-0.2, 0) is 9.47 Å². The Labute approximate surface area is 170 Å². The molecule has 1 aliphatic rings. The fourth-order valence-corrected chi connectivity index (χ4v) is 3.22. The Morgan fingerprint density at radius 3 is 2.57 bits per heavy atom. The summed E-state index contributed by atoms with van der Waals surface area (Å²) in [5.41, 5.74) is 0. The summed E-state index contributed by atoms with van der Waals surface area (Å²) in [5, 5.41) is 3.43. The number of nitrogens with zero attached hydrogens (tertiary/aromatic N) is 2. The van der Waals surface area contributed by atoms with Crippen LogP contribution in [-0.4, -0.2) is 70.1 Å². The fraction of sp³-hybridized carbons (Fsp3) is 0.682. The molecule has 0 spiro atoms. The third kappa shape index (κ3) is 8.93. The molecular formula is C22H37N3O3. The molecule has 1 aromatic rings. The van der Waals surface area contributed by atoms with Gasteiger partial charge in [0.25, 0.3) is 0 Å². The third-order valence-corrected chi connectivity index (χ3v) is 4.75. The van der Waals surface area contributed by atoms with E-state index in [1.165, 1.54) is 0 Å². The molecule has 0 amide bonds. The maximum atomic E-state index is 5.95. The van der Waals surface area contributed by atoms with Crippen molar-refractivity contribution in [3.05, 3.63) is 30.3 Å². The van der Waals surface area contributed by atoms with Crippen LogP contribution in [0.4, 0.5) is 0 Å². The standard InChI is InChI=1S/C22H37N3O3/c1-3-23-22(24-14-7-8-18-27-20-10-5-4-6-11-20)25-15-12-21(13-16-25)28-19-9-17-26-2/h4-6,10-11,21H,3,7-9,12-19H2,1-2H3,(H,23,24). The van der Waals surface area contributed by atoms with Crippen LogP contribution in [0.3, 0.4) is 0 Å². The van der Waals surface area contributed by atoms with Crippen molar-refractivity contribution in [3.63, 3.8) is 0 Å². The van der Waals surface area contributed by atoms with Crippen molar-refractivity contribution in [2.75, 3.05) is 53.1 Å². The number of aliphatic imine (C=N–C) groups is 1. The molecule has 1 fully saturated rings. The van der Waals surface area contributed by atoms with E-state index in [-0.39, 0.29) is 0 Å². The second-order valence-electron chi connectivity index (χ2n) is 7.01. The molecule has 28 heavy (non-hydrogen) atoms. The highest BCUT2D eigenvalue weighted by Crippen LogP contribution is 2.14. The number of hydrogen-bond donors (Lipinski definition) is 1. The molecule has 0 saturated carbocycles. The first kappa shape index (κ1) is 22.5. The van der Waals surface area contributed by atoms with E-state index in [9.17, 15) is 0 Å². The van der Waals surface area contributed by atoms with Gasteiger partial charge in [0.2, 0.25) is 0 Å². The number of likely N-dealkylation sites (tertiary alicyclic amines) is 1. The SMILES string of the molecule is CCNC(=NCCCCOc1ccccc1)N1CCC(OCCCOC)CC1. The van der Waals surface area contributed by atoms with Crippen LogP contribution in [0.5, 0.6) is 5.75 Å². The molecule has 0 unspecified atom stereocenters. The van der Waals surface area contributed by atoms with E-state index in [0.29, 0.717) is 6.10 Å². The number of para-hydroxylation sites is 1. The van der Waals surface area contributed by atoms with Gasteiger partial charge in [0.15, 0.2) is 5.96 Å². The summed E-state index contributed by atoms with van der Waals surface area (Å²) in [6.45, 7) is 8.13. The van der Waals surface area contributed by atoms with E-state index in [4.69, 9.17) is 19.2 Å². The highest BCUT2D eigenvalue weighted by atomic mass is 16.5. The van der Waals surface area contributed by atoms with Gasteiger partial charge in [-0.3, -0.25) is 4.99 Å². The molecule has 0 atom stereocenters. The molecule has 0 radical (unpaired) electrons. The first-order chi connectivity index (χ1) is 13.8. The maximum Gasteiger partial charge on any atom is 0.193 e. The molecule has 158 valence electrons. The Hall–Kier alpha value is -1.79. The number of unbranched alkanes of at least 4 members (excludes halogenated alkanes) is 1. The molecule has 1 aromatic carbocycles. The zero-order chi connectivity index (χ0) is 19.9. The van der Waals surface area contributed by atoms with E-state index in [0.717, 1.165) is 89.8 Å². The number of benzene rings is 1. The van der Waals surface area contributed by atoms with Gasteiger partial charge in [-0.25, -0.2) is 0 Å². The molecule has 6 heteroatoms. The average Bonchev–Trinajstić information content (AvgIpc) is 2.74. The van der Waals surface area contributed by atoms with Crippen molar-refractivity contribution in [2.24, 2.45) is 4.99 Å². The van der Waals surface area contributed by atoms with Crippen LogP contribution in [0, 0.1) is 0 Å². The molecule has 1 heterocycles. The zero-order valence-corrected chi connectivity index (χ0v) is 17.6. The number of rotatable bonds is 12. The lowest BCUT2D eigenvalue weighted by Gasteiger charge is -2.34. The number of methoxy groups -OCH3 is 1. The van der Waals surface area contributed by atoms with Gasteiger partial charge in [0.1, 0.15) is 5.75 Å². The maximum absolute atomic E-state index is 5.95. The van der Waals surface area contributed by atoms with Gasteiger partial charge in [0.05, 0.1) is 12.7 Å². The van der Waals surface area contributed by atoms with Gasteiger partial charge in [-0.1, -0.05) is 18.2 Å². The van der Waals surface area contributed by atoms with Gasteiger partial charge in [0, 0.05) is 46.5 Å². The minimum Gasteiger partial charge on any atom is -0.494 e. The number of piperidine rings is 1. The van der Waals surface area contributed by atoms with Gasteiger partial charge < -0.3 is 24.4 Å². The lowest BCUT2D eigenvalue weighted by Crippen LogP contribution is -2.47. The van der Waals surface area contributed by atoms with Crippen LogP contribution >= 0.6 is 0 Å². The van der Waals surface area contributed by atoms with Gasteiger partial charge in [-0.2, -0.15) is 0 Å². The lowest BCUT2D eigenvalue weighted by atomic mass is 10.1. The fourth-order valence-electron chi connectivity index (χ4n) is 3.22. The molecular weight excluding hydrogens is 354 g/mol. The van der Waals surface area contributed by atoms with Crippen molar-refractivity contribution in [1.29, 1.82) is 0 Å². The molecule has 0 bridgehead atoms. The Morgan fingerprint density at radius 2 is 1.86 bits per heavy atom. The summed E-state index contributed by atoms with van der Waals surface area (Å²) >= 11 is 0. The van der Waals surface area contributed by atoms with E-state index in [1.54, 1.807) is 7.11 Å². The molecule has 2 rings (SSSR count). The second-order valence-corrected chi connectivity index (χ2v) is 7.01. The minimum atomic E-state index is 0.367. The number of nitrogens with one attached hydrogen (secondary N) is 1. The van der Waals surface area contributed by atoms with Crippen LogP contribution in [0.1, 0.15) is 39.0 Å². The zero-order valence-electron chi connectivity index (χ0n) is 17.6. The highest BCUT2D eigenvalue weighted by molar-refractivity contribution is 5.80. The normalized spacial score (nSPS) is 15.6. The van der Waals surface area contributed by atoms with E-state index in [2.05, 4.69) is 17.1 Å². The largest absolute Gasteiger partial charge is 0.494 e. The van der Waals surface area contributed by atoms with Crippen molar-refractivity contribution < 1.29 is 14.2 Å². The van der Waals surface area contributed by atoms with Gasteiger partial charge in [-0.05, 0) is 51.2 Å². The van der Waals surface area contributed by atoms with Crippen LogP contribution in [0.25, 0.3) is 0 Å². The Kier molecular flexibility index (Phi) is 11.4. The summed E-state index contributed by atoms with van der Waals surface area (Å²) < 4.78 is 16.8. The van der Waals surface area contributed by atoms with Gasteiger partial charge in [-0.15, -0.1) is 0 Å². The first-order valence-electron chi connectivity index (χ1n) is 10.6. The monoisotopic (exact) mass is 391 g/mol. The van der Waals surface area contributed by atoms with E-state index < -0.39 is 0 Å². The van der Waals surface area contributed by atoms with Crippen molar-refractivity contribution in [3.8, 4) is 5.75 Å². The second kappa shape index (κ2) is 14.2. The molecule has 0 aliphatic carbocycles. The molecule has 0 aromatic heterocycles. The van der Waals surface area contributed by atoms with Crippen molar-refractivity contribution in [1.82, 2.24) is 10.2 Å². The minimum absolute atomic E-state index is 0.367. The smallest absolute Gasteiger partial charge is 0.193 e. The van der Waals surface area contributed by atoms with Crippen molar-refractivity contribution >= 4 is 5.96 Å². The predicted molar refractivity (Wildman–Crippen MR) is 114 cm³/mol. The molecule has 1 N–H and O–H groups in total. The summed E-state index contributed by atoms with van der Waals surface area (Å²) in [4.78, 5) is 7.17. The van der Waals surface area contributed by atoms with E-state index in [1.807, 2.05) is 30.3 Å². The molecule has 6 nitrogen and oxygen atoms in total. The Bertz CT molecular complexity index is 531. The Balaban J connectivity index is 1.63. The number of ether oxygens (including phenoxy) is 3. The van der Waals surface area contributed by atoms with Gasteiger partial charge >= 0.3 is 0 Å². The summed E-state index contributed by atoms with van der Waals surface area (Å²) in [6, 6.07) is 9.98. The number of guanidine groups is 1. The lowest BCUT2D eigenvalue weighted by molar-refractivity contribution is 0.00990. The van der Waals surface area contributed by atoms with Crippen LogP contribution in [0.2, 0.25) is 0 Å². The highest BCUT2D eigenvalue weighted by Gasteiger charge is 2.21. The molecule has 1 saturated heterocycles. The van der Waals surface area contributed by atoms with E-state index >= 15 is 0 Å². The van der Waals surface area contributed by atoms with Crippen LogP contribution < -0.4 is 10.1 Å². The topological polar surface area (TPSA) is 55.3 Å². The summed E-state index contributed by atoms with van der Waals surface area (Å²) in [5.74, 6) is 1.97.